The van der Waals surface area contributed by atoms with Crippen molar-refractivity contribution in [1.82, 2.24) is 0 Å². The first-order valence-corrected chi connectivity index (χ1v) is 7.15. The second kappa shape index (κ2) is 7.92. The Morgan fingerprint density at radius 1 is 1.00 bits per heavy atom. The summed E-state index contributed by atoms with van der Waals surface area (Å²) in [6.45, 7) is 0. The van der Waals surface area contributed by atoms with Gasteiger partial charge in [-0.25, -0.2) is 0 Å². The number of nitrogens with one attached hydrogen (secondary N) is 1. The van der Waals surface area contributed by atoms with Gasteiger partial charge in [-0.15, -0.1) is 0 Å². The van der Waals surface area contributed by atoms with Crippen LogP contribution in [-0.4, -0.2) is 32.3 Å². The van der Waals surface area contributed by atoms with Crippen molar-refractivity contribution in [3.8, 4) is 23.0 Å². The minimum Gasteiger partial charge on any atom is -0.508 e. The van der Waals surface area contributed by atoms with E-state index in [4.69, 9.17) is 14.2 Å². The van der Waals surface area contributed by atoms with E-state index in [1.54, 1.807) is 42.5 Å². The van der Waals surface area contributed by atoms with Crippen LogP contribution < -0.4 is 19.5 Å². The number of hydrogen-bond acceptors (Lipinski definition) is 5. The predicted octanol–water partition coefficient (Wildman–Crippen LogP) is 3.07. The topological polar surface area (TPSA) is 77.0 Å². The van der Waals surface area contributed by atoms with Crippen molar-refractivity contribution < 1.29 is 24.1 Å². The molecule has 0 heterocycles. The zero-order valence-corrected chi connectivity index (χ0v) is 13.7. The minimum absolute atomic E-state index is 0.175. The van der Waals surface area contributed by atoms with Gasteiger partial charge in [0.1, 0.15) is 5.75 Å². The van der Waals surface area contributed by atoms with Crippen molar-refractivity contribution in [3.05, 3.63) is 48.0 Å². The third-order valence-electron chi connectivity index (χ3n) is 3.25. The molecule has 0 bridgehead atoms. The van der Waals surface area contributed by atoms with Gasteiger partial charge < -0.3 is 24.6 Å². The van der Waals surface area contributed by atoms with Gasteiger partial charge in [0.15, 0.2) is 11.5 Å². The Hall–Kier alpha value is -3.15. The highest BCUT2D eigenvalue weighted by atomic mass is 16.5. The number of rotatable bonds is 6. The van der Waals surface area contributed by atoms with Crippen molar-refractivity contribution in [2.75, 3.05) is 26.6 Å². The molecule has 0 saturated carbocycles. The van der Waals surface area contributed by atoms with Gasteiger partial charge in [0.25, 0.3) is 0 Å². The van der Waals surface area contributed by atoms with Crippen LogP contribution in [0.2, 0.25) is 0 Å². The maximum atomic E-state index is 12.0. The van der Waals surface area contributed by atoms with Crippen molar-refractivity contribution in [3.63, 3.8) is 0 Å². The molecule has 2 rings (SSSR count). The molecular formula is C18H19NO5. The number of amides is 1. The molecule has 2 N–H and O–H groups in total. The maximum Gasteiger partial charge on any atom is 0.248 e. The number of hydrogen-bond donors (Lipinski definition) is 2. The average molecular weight is 329 g/mol. The molecule has 0 saturated heterocycles. The summed E-state index contributed by atoms with van der Waals surface area (Å²) >= 11 is 0. The van der Waals surface area contributed by atoms with E-state index < -0.39 is 0 Å². The average Bonchev–Trinajstić information content (AvgIpc) is 2.60. The Kier molecular flexibility index (Phi) is 5.68. The Bertz CT molecular complexity index is 713. The normalized spacial score (nSPS) is 10.5. The summed E-state index contributed by atoms with van der Waals surface area (Å²) in [7, 11) is 4.53. The summed E-state index contributed by atoms with van der Waals surface area (Å²) < 4.78 is 15.7. The molecule has 2 aromatic carbocycles. The van der Waals surface area contributed by atoms with Gasteiger partial charge >= 0.3 is 0 Å². The molecule has 0 aliphatic heterocycles. The van der Waals surface area contributed by atoms with Gasteiger partial charge in [0, 0.05) is 23.9 Å². The smallest absolute Gasteiger partial charge is 0.248 e. The third kappa shape index (κ3) is 4.19. The second-order valence-electron chi connectivity index (χ2n) is 4.83. The second-order valence-corrected chi connectivity index (χ2v) is 4.83. The molecule has 0 spiro atoms. The Labute approximate surface area is 140 Å². The van der Waals surface area contributed by atoms with E-state index in [-0.39, 0.29) is 11.7 Å². The summed E-state index contributed by atoms with van der Waals surface area (Å²) in [6, 6.07) is 9.81. The lowest BCUT2D eigenvalue weighted by molar-refractivity contribution is -0.111. The predicted molar refractivity (Wildman–Crippen MR) is 91.9 cm³/mol. The van der Waals surface area contributed by atoms with Gasteiger partial charge in [-0.2, -0.15) is 0 Å². The van der Waals surface area contributed by atoms with Crippen molar-refractivity contribution in [2.24, 2.45) is 0 Å². The highest BCUT2D eigenvalue weighted by molar-refractivity contribution is 6.02. The van der Waals surface area contributed by atoms with Crippen LogP contribution in [-0.2, 0) is 4.79 Å². The van der Waals surface area contributed by atoms with Crippen LogP contribution in [0.15, 0.2) is 42.5 Å². The van der Waals surface area contributed by atoms with Crippen molar-refractivity contribution in [1.29, 1.82) is 0 Å². The van der Waals surface area contributed by atoms with Crippen LogP contribution in [0.4, 0.5) is 5.69 Å². The summed E-state index contributed by atoms with van der Waals surface area (Å²) in [5.74, 6) is 1.23. The van der Waals surface area contributed by atoms with Crippen LogP contribution in [0.25, 0.3) is 6.08 Å². The van der Waals surface area contributed by atoms with E-state index in [1.807, 2.05) is 0 Å². The van der Waals surface area contributed by atoms with Gasteiger partial charge in [-0.3, -0.25) is 4.79 Å². The maximum absolute atomic E-state index is 12.0. The molecule has 0 aromatic heterocycles. The van der Waals surface area contributed by atoms with Crippen molar-refractivity contribution >= 4 is 17.7 Å². The number of phenols is 1. The molecule has 6 nitrogen and oxygen atoms in total. The number of ether oxygens (including phenoxy) is 3. The highest BCUT2D eigenvalue weighted by Gasteiger charge is 2.13. The first kappa shape index (κ1) is 17.2. The molecule has 2 aromatic rings. The number of methoxy groups -OCH3 is 3. The molecular weight excluding hydrogens is 310 g/mol. The van der Waals surface area contributed by atoms with E-state index in [0.717, 1.165) is 5.56 Å². The Morgan fingerprint density at radius 2 is 1.58 bits per heavy atom. The summed E-state index contributed by atoms with van der Waals surface area (Å²) in [5.41, 5.74) is 1.32. The fourth-order valence-electron chi connectivity index (χ4n) is 2.09. The Morgan fingerprint density at radius 3 is 2.08 bits per heavy atom. The van der Waals surface area contributed by atoms with Crippen LogP contribution in [0.3, 0.4) is 0 Å². The molecule has 0 aliphatic carbocycles. The van der Waals surface area contributed by atoms with Crippen LogP contribution in [0.1, 0.15) is 5.56 Å². The molecule has 0 fully saturated rings. The molecule has 6 heteroatoms. The van der Waals surface area contributed by atoms with E-state index in [1.165, 1.54) is 27.4 Å². The van der Waals surface area contributed by atoms with Gasteiger partial charge in [0.05, 0.1) is 21.3 Å². The fourth-order valence-corrected chi connectivity index (χ4v) is 2.09. The zero-order valence-electron chi connectivity index (χ0n) is 13.7. The third-order valence-corrected chi connectivity index (χ3v) is 3.25. The molecule has 0 radical (unpaired) electrons. The van der Waals surface area contributed by atoms with Gasteiger partial charge in [0.2, 0.25) is 11.7 Å². The van der Waals surface area contributed by atoms with Crippen LogP contribution in [0.5, 0.6) is 23.0 Å². The Balaban J connectivity index is 2.15. The SMILES string of the molecule is COc1cc(NC(=O)/C=C/c2ccc(O)cc2)cc(OC)c1OC. The number of carbonyl (C=O) groups excluding carboxylic acids is 1. The lowest BCUT2D eigenvalue weighted by Gasteiger charge is -2.14. The number of anilines is 1. The first-order chi connectivity index (χ1) is 11.6. The molecule has 24 heavy (non-hydrogen) atoms. The number of benzene rings is 2. The summed E-state index contributed by atoms with van der Waals surface area (Å²) in [4.78, 5) is 12.0. The minimum atomic E-state index is -0.308. The standard InChI is InChI=1S/C18H19NO5/c1-22-15-10-13(11-16(23-2)18(15)24-3)19-17(21)9-6-12-4-7-14(20)8-5-12/h4-11,20H,1-3H3,(H,19,21)/b9-6+. The molecule has 0 aliphatic rings. The van der Waals surface area contributed by atoms with Crippen LogP contribution >= 0.6 is 0 Å². The van der Waals surface area contributed by atoms with Gasteiger partial charge in [-0.1, -0.05) is 12.1 Å². The monoisotopic (exact) mass is 329 g/mol. The van der Waals surface area contributed by atoms with E-state index in [0.29, 0.717) is 22.9 Å². The lowest BCUT2D eigenvalue weighted by Crippen LogP contribution is -2.08. The lowest BCUT2D eigenvalue weighted by atomic mass is 10.2. The molecule has 0 unspecified atom stereocenters. The number of phenolic OH excluding ortho intramolecular Hbond substituents is 1. The molecule has 1 amide bonds. The quantitative estimate of drug-likeness (QED) is 0.797. The van der Waals surface area contributed by atoms with E-state index >= 15 is 0 Å². The van der Waals surface area contributed by atoms with Crippen LogP contribution in [0, 0.1) is 0 Å². The first-order valence-electron chi connectivity index (χ1n) is 7.15. The van der Waals surface area contributed by atoms with Crippen molar-refractivity contribution in [2.45, 2.75) is 0 Å². The molecule has 0 atom stereocenters. The summed E-state index contributed by atoms with van der Waals surface area (Å²) in [5, 5.41) is 12.0. The zero-order chi connectivity index (χ0) is 17.5. The molecule has 126 valence electrons. The number of aromatic hydroxyl groups is 1. The fraction of sp³-hybridized carbons (Fsp3) is 0.167. The van der Waals surface area contributed by atoms with Gasteiger partial charge in [-0.05, 0) is 23.8 Å². The summed E-state index contributed by atoms with van der Waals surface area (Å²) in [6.07, 6.45) is 3.04. The number of carbonyl (C=O) groups is 1. The van der Waals surface area contributed by atoms with E-state index in [2.05, 4.69) is 5.32 Å². The largest absolute Gasteiger partial charge is 0.508 e. The van der Waals surface area contributed by atoms with E-state index in [9.17, 15) is 9.90 Å². The highest BCUT2D eigenvalue weighted by Crippen LogP contribution is 2.39.